The molecule has 0 fully saturated rings. The number of fused-ring (bicyclic) bond motifs is 14. The van der Waals surface area contributed by atoms with Crippen molar-refractivity contribution in [1.82, 2.24) is 0 Å². The highest BCUT2D eigenvalue weighted by molar-refractivity contribution is 6.15. The number of aryl methyl sites for hydroxylation is 4. The maximum atomic E-state index is 2.55. The highest BCUT2D eigenvalue weighted by Gasteiger charge is 2.53. The van der Waals surface area contributed by atoms with E-state index in [1.807, 2.05) is 0 Å². The molecule has 0 atom stereocenters. The molecular formula is C61H46N2. The molecule has 0 radical (unpaired) electrons. The smallest absolute Gasteiger partial charge is 0.0732 e. The molecule has 10 aromatic carbocycles. The Kier molecular flexibility index (Phi) is 8.36. The summed E-state index contributed by atoms with van der Waals surface area (Å²) in [7, 11) is 0. The Morgan fingerprint density at radius 2 is 0.825 bits per heavy atom. The first kappa shape index (κ1) is 37.1. The summed E-state index contributed by atoms with van der Waals surface area (Å²) in [5.74, 6) is 0. The van der Waals surface area contributed by atoms with Gasteiger partial charge in [-0.05, 0) is 177 Å². The van der Waals surface area contributed by atoms with Crippen LogP contribution in [0.1, 0.15) is 44.5 Å². The zero-order valence-electron chi connectivity index (χ0n) is 36.0. The predicted molar refractivity (Wildman–Crippen MR) is 266 cm³/mol. The Morgan fingerprint density at radius 3 is 1.43 bits per heavy atom. The zero-order chi connectivity index (χ0) is 42.4. The van der Waals surface area contributed by atoms with E-state index < -0.39 is 5.41 Å². The Hall–Kier alpha value is -7.68. The lowest BCUT2D eigenvalue weighted by atomic mass is 9.69. The van der Waals surface area contributed by atoms with Crippen LogP contribution in [0.4, 0.5) is 34.1 Å². The van der Waals surface area contributed by atoms with Gasteiger partial charge in [0.1, 0.15) is 0 Å². The summed E-state index contributed by atoms with van der Waals surface area (Å²) in [6, 6.07) is 77.4. The monoisotopic (exact) mass is 806 g/mol. The summed E-state index contributed by atoms with van der Waals surface area (Å²) < 4.78 is 0. The SMILES string of the molecule is Cc1cc(C)cc(N(c2ccccc2)c2ccc3c4c(ccc3c2)-c2c(cc(N(c3ccccc3)c3cc(C)cc(C)c3)c3ccccc23)C42c3ccccc3-c3ccccc32)c1. The fraction of sp³-hybridized carbons (Fsp3) is 0.0820. The van der Waals surface area contributed by atoms with Crippen molar-refractivity contribution in [3.63, 3.8) is 0 Å². The number of para-hydroxylation sites is 2. The van der Waals surface area contributed by atoms with E-state index in [1.54, 1.807) is 0 Å². The molecule has 0 saturated heterocycles. The molecule has 10 aromatic rings. The molecule has 300 valence electrons. The van der Waals surface area contributed by atoms with Crippen LogP contribution in [0.5, 0.6) is 0 Å². The molecule has 0 N–H and O–H groups in total. The van der Waals surface area contributed by atoms with Gasteiger partial charge in [-0.2, -0.15) is 0 Å². The minimum atomic E-state index is -0.574. The van der Waals surface area contributed by atoms with Crippen LogP contribution >= 0.6 is 0 Å². The fourth-order valence-corrected chi connectivity index (χ4v) is 11.3. The molecule has 0 aromatic heterocycles. The normalized spacial score (nSPS) is 12.9. The molecule has 0 unspecified atom stereocenters. The van der Waals surface area contributed by atoms with E-state index in [0.717, 1.165) is 28.4 Å². The van der Waals surface area contributed by atoms with Crippen molar-refractivity contribution in [2.24, 2.45) is 0 Å². The fourth-order valence-electron chi connectivity index (χ4n) is 11.3. The maximum absolute atomic E-state index is 2.55. The minimum absolute atomic E-state index is 0.574. The predicted octanol–water partition coefficient (Wildman–Crippen LogP) is 16.5. The molecule has 1 spiro atoms. The van der Waals surface area contributed by atoms with Crippen LogP contribution < -0.4 is 9.80 Å². The molecular weight excluding hydrogens is 761 g/mol. The van der Waals surface area contributed by atoms with Gasteiger partial charge in [0.25, 0.3) is 0 Å². The third-order valence-electron chi connectivity index (χ3n) is 13.5. The summed E-state index contributed by atoms with van der Waals surface area (Å²) in [6.07, 6.45) is 0. The van der Waals surface area contributed by atoms with E-state index in [1.165, 1.54) is 94.0 Å². The standard InChI is InChI=1S/C61H46N2/c1-39-31-40(2)34-47(33-39)62(44-17-7-5-8-18-44)46-28-30-49-43(37-46)27-29-54-59-53-24-12-11-23-52(53)58(63(45-19-9-6-10-20-45)48-35-41(3)32-42(4)36-48)38-57(59)61(60(49)54)55-25-15-13-21-50(55)51-22-14-16-26-56(51)61/h5-38H,1-4H3. The van der Waals surface area contributed by atoms with Gasteiger partial charge in [-0.25, -0.2) is 0 Å². The Balaban J connectivity index is 1.19. The van der Waals surface area contributed by atoms with Crippen molar-refractivity contribution in [2.45, 2.75) is 33.1 Å². The Labute approximate surface area is 370 Å². The maximum Gasteiger partial charge on any atom is 0.0732 e. The zero-order valence-corrected chi connectivity index (χ0v) is 36.0. The first-order valence-corrected chi connectivity index (χ1v) is 22.1. The molecule has 0 amide bonds. The highest BCUT2D eigenvalue weighted by Crippen LogP contribution is 2.66. The van der Waals surface area contributed by atoms with Gasteiger partial charge < -0.3 is 9.80 Å². The van der Waals surface area contributed by atoms with E-state index in [4.69, 9.17) is 0 Å². The van der Waals surface area contributed by atoms with Crippen LogP contribution in [0, 0.1) is 27.7 Å². The lowest BCUT2D eigenvalue weighted by molar-refractivity contribution is 0.802. The van der Waals surface area contributed by atoms with Crippen molar-refractivity contribution >= 4 is 55.7 Å². The van der Waals surface area contributed by atoms with Crippen LogP contribution in [0.3, 0.4) is 0 Å². The first-order chi connectivity index (χ1) is 30.9. The second kappa shape index (κ2) is 14.2. The quantitative estimate of drug-likeness (QED) is 0.165. The summed E-state index contributed by atoms with van der Waals surface area (Å²) >= 11 is 0. The topological polar surface area (TPSA) is 6.48 Å². The highest BCUT2D eigenvalue weighted by atomic mass is 15.1. The molecule has 0 aliphatic heterocycles. The van der Waals surface area contributed by atoms with Gasteiger partial charge in [0.15, 0.2) is 0 Å². The average Bonchev–Trinajstić information content (AvgIpc) is 3.77. The number of benzene rings is 10. The van der Waals surface area contributed by atoms with Gasteiger partial charge in [-0.15, -0.1) is 0 Å². The van der Waals surface area contributed by atoms with Crippen LogP contribution in [-0.4, -0.2) is 0 Å². The second-order valence-electron chi connectivity index (χ2n) is 17.6. The van der Waals surface area contributed by atoms with Crippen molar-refractivity contribution < 1.29 is 0 Å². The van der Waals surface area contributed by atoms with Crippen molar-refractivity contribution in [1.29, 1.82) is 0 Å². The summed E-state index contributed by atoms with van der Waals surface area (Å²) in [5.41, 5.74) is 21.9. The molecule has 63 heavy (non-hydrogen) atoms. The van der Waals surface area contributed by atoms with Crippen molar-refractivity contribution in [3.05, 3.63) is 251 Å². The lowest BCUT2D eigenvalue weighted by Gasteiger charge is -2.34. The molecule has 12 rings (SSSR count). The Bertz CT molecular complexity index is 3370. The first-order valence-electron chi connectivity index (χ1n) is 22.1. The third-order valence-corrected chi connectivity index (χ3v) is 13.5. The number of anilines is 6. The van der Waals surface area contributed by atoms with Gasteiger partial charge in [-0.1, -0.05) is 140 Å². The van der Waals surface area contributed by atoms with E-state index in [0.29, 0.717) is 0 Å². The van der Waals surface area contributed by atoms with Gasteiger partial charge in [0.05, 0.1) is 11.1 Å². The molecule has 2 heteroatoms. The minimum Gasteiger partial charge on any atom is -0.310 e. The second-order valence-corrected chi connectivity index (χ2v) is 17.6. The summed E-state index contributed by atoms with van der Waals surface area (Å²) in [6.45, 7) is 8.79. The van der Waals surface area contributed by atoms with E-state index >= 15 is 0 Å². The van der Waals surface area contributed by atoms with Gasteiger partial charge >= 0.3 is 0 Å². The van der Waals surface area contributed by atoms with Crippen LogP contribution in [0.15, 0.2) is 206 Å². The lowest BCUT2D eigenvalue weighted by Crippen LogP contribution is -2.26. The number of rotatable bonds is 6. The van der Waals surface area contributed by atoms with E-state index in [-0.39, 0.29) is 0 Å². The van der Waals surface area contributed by atoms with Gasteiger partial charge in [0.2, 0.25) is 0 Å². The average molecular weight is 807 g/mol. The summed E-state index contributed by atoms with van der Waals surface area (Å²) in [5, 5.41) is 4.98. The summed E-state index contributed by atoms with van der Waals surface area (Å²) in [4.78, 5) is 4.89. The van der Waals surface area contributed by atoms with Gasteiger partial charge in [0, 0.05) is 33.8 Å². The van der Waals surface area contributed by atoms with Crippen molar-refractivity contribution in [2.75, 3.05) is 9.80 Å². The molecule has 0 saturated carbocycles. The van der Waals surface area contributed by atoms with Crippen LogP contribution in [-0.2, 0) is 5.41 Å². The Morgan fingerprint density at radius 1 is 0.317 bits per heavy atom. The molecule has 2 aliphatic carbocycles. The van der Waals surface area contributed by atoms with Crippen molar-refractivity contribution in [3.8, 4) is 22.3 Å². The van der Waals surface area contributed by atoms with Crippen LogP contribution in [0.25, 0.3) is 43.8 Å². The molecule has 0 heterocycles. The molecule has 0 bridgehead atoms. The van der Waals surface area contributed by atoms with Crippen LogP contribution in [0.2, 0.25) is 0 Å². The van der Waals surface area contributed by atoms with E-state index in [9.17, 15) is 0 Å². The third kappa shape index (κ3) is 5.57. The number of nitrogens with zero attached hydrogens (tertiary/aromatic N) is 2. The number of hydrogen-bond donors (Lipinski definition) is 0. The largest absolute Gasteiger partial charge is 0.310 e. The molecule has 2 nitrogen and oxygen atoms in total. The molecule has 2 aliphatic rings. The number of hydrogen-bond acceptors (Lipinski definition) is 2. The van der Waals surface area contributed by atoms with Gasteiger partial charge in [-0.3, -0.25) is 0 Å². The van der Waals surface area contributed by atoms with E-state index in [2.05, 4.69) is 244 Å².